The number of nitrogens with one attached hydrogen (secondary N) is 1. The van der Waals surface area contributed by atoms with Gasteiger partial charge in [0.05, 0.1) is 0 Å². The van der Waals surface area contributed by atoms with E-state index in [1.807, 2.05) is 13.8 Å². The largest absolute Gasteiger partial charge is 0.382 e. The van der Waals surface area contributed by atoms with Gasteiger partial charge < -0.3 is 10.1 Å². The Bertz CT molecular complexity index is 286. The molecule has 5 heteroatoms. The lowest BCUT2D eigenvalue weighted by atomic mass is 10.4. The molecule has 1 heterocycles. The van der Waals surface area contributed by atoms with Gasteiger partial charge in [0.1, 0.15) is 16.8 Å². The maximum atomic E-state index is 5.80. The molecule has 0 aromatic carbocycles. The average molecular weight is 230 g/mol. The molecule has 0 atom stereocenters. The van der Waals surface area contributed by atoms with Gasteiger partial charge in [-0.3, -0.25) is 0 Å². The van der Waals surface area contributed by atoms with E-state index in [1.54, 1.807) is 6.07 Å². The monoisotopic (exact) mass is 229 g/mol. The Balaban J connectivity index is 2.31. The van der Waals surface area contributed by atoms with E-state index in [-0.39, 0.29) is 0 Å². The van der Waals surface area contributed by atoms with Gasteiger partial charge in [0.25, 0.3) is 0 Å². The number of halogens is 1. The van der Waals surface area contributed by atoms with Crippen molar-refractivity contribution in [3.8, 4) is 0 Å². The molecule has 0 bridgehead atoms. The van der Waals surface area contributed by atoms with Crippen LogP contribution in [0.1, 0.15) is 19.2 Å². The number of rotatable bonds is 6. The number of nitrogens with zero attached hydrogens (tertiary/aromatic N) is 2. The third kappa shape index (κ3) is 4.95. The first kappa shape index (κ1) is 12.2. The van der Waals surface area contributed by atoms with Crippen molar-refractivity contribution in [1.82, 2.24) is 9.97 Å². The molecule has 1 N–H and O–H groups in total. The van der Waals surface area contributed by atoms with E-state index < -0.39 is 0 Å². The zero-order valence-electron chi connectivity index (χ0n) is 9.09. The van der Waals surface area contributed by atoms with Gasteiger partial charge >= 0.3 is 0 Å². The van der Waals surface area contributed by atoms with Crippen molar-refractivity contribution >= 4 is 17.4 Å². The number of hydrogen-bond donors (Lipinski definition) is 1. The Hall–Kier alpha value is -0.870. The summed E-state index contributed by atoms with van der Waals surface area (Å²) in [4.78, 5) is 8.19. The number of aryl methyl sites for hydroxylation is 1. The van der Waals surface area contributed by atoms with Gasteiger partial charge in [-0.2, -0.15) is 0 Å². The highest BCUT2D eigenvalue weighted by atomic mass is 35.5. The molecule has 0 aliphatic rings. The summed E-state index contributed by atoms with van der Waals surface area (Å²) in [6.45, 7) is 6.16. The quantitative estimate of drug-likeness (QED) is 0.601. The summed E-state index contributed by atoms with van der Waals surface area (Å²) in [6, 6.07) is 1.72. The number of hydrogen-bond acceptors (Lipinski definition) is 4. The van der Waals surface area contributed by atoms with Crippen molar-refractivity contribution in [3.63, 3.8) is 0 Å². The fourth-order valence-corrected chi connectivity index (χ4v) is 1.38. The van der Waals surface area contributed by atoms with E-state index in [0.29, 0.717) is 11.0 Å². The Morgan fingerprint density at radius 2 is 2.27 bits per heavy atom. The van der Waals surface area contributed by atoms with Crippen LogP contribution in [-0.2, 0) is 4.74 Å². The molecule has 0 spiro atoms. The molecule has 4 nitrogen and oxygen atoms in total. The topological polar surface area (TPSA) is 47.0 Å². The van der Waals surface area contributed by atoms with Crippen LogP contribution in [0.2, 0.25) is 5.15 Å². The molecule has 0 fully saturated rings. The number of ether oxygens (including phenoxy) is 1. The van der Waals surface area contributed by atoms with Gasteiger partial charge in [-0.1, -0.05) is 11.6 Å². The second kappa shape index (κ2) is 6.58. The minimum atomic E-state index is 0.467. The minimum absolute atomic E-state index is 0.467. The van der Waals surface area contributed by atoms with Gasteiger partial charge in [0, 0.05) is 25.8 Å². The summed E-state index contributed by atoms with van der Waals surface area (Å²) >= 11 is 5.80. The summed E-state index contributed by atoms with van der Waals surface area (Å²) in [7, 11) is 0. The predicted molar refractivity (Wildman–Crippen MR) is 61.4 cm³/mol. The molecule has 15 heavy (non-hydrogen) atoms. The highest BCUT2D eigenvalue weighted by Gasteiger charge is 1.98. The highest BCUT2D eigenvalue weighted by Crippen LogP contribution is 2.10. The molecule has 0 aliphatic heterocycles. The van der Waals surface area contributed by atoms with E-state index in [0.717, 1.165) is 32.0 Å². The van der Waals surface area contributed by atoms with Crippen molar-refractivity contribution in [1.29, 1.82) is 0 Å². The van der Waals surface area contributed by atoms with E-state index in [2.05, 4.69) is 15.3 Å². The SMILES string of the molecule is CCOCCCNc1cc(Cl)nc(C)n1. The van der Waals surface area contributed by atoms with Crippen LogP contribution in [0.15, 0.2) is 6.07 Å². The molecule has 0 aliphatic carbocycles. The Labute approximate surface area is 95.0 Å². The zero-order chi connectivity index (χ0) is 11.1. The van der Waals surface area contributed by atoms with Gasteiger partial charge in [-0.15, -0.1) is 0 Å². The standard InChI is InChI=1S/C10H16ClN3O/c1-3-15-6-4-5-12-10-7-9(11)13-8(2)14-10/h7H,3-6H2,1-2H3,(H,12,13,14). The van der Waals surface area contributed by atoms with Crippen molar-refractivity contribution in [3.05, 3.63) is 17.0 Å². The number of aromatic nitrogens is 2. The fraction of sp³-hybridized carbons (Fsp3) is 0.600. The normalized spacial score (nSPS) is 10.3. The van der Waals surface area contributed by atoms with Crippen LogP contribution in [0.5, 0.6) is 0 Å². The Morgan fingerprint density at radius 3 is 2.93 bits per heavy atom. The van der Waals surface area contributed by atoms with Crippen LogP contribution in [-0.4, -0.2) is 29.7 Å². The summed E-state index contributed by atoms with van der Waals surface area (Å²) in [5, 5.41) is 3.64. The molecule has 0 amide bonds. The second-order valence-electron chi connectivity index (χ2n) is 3.10. The van der Waals surface area contributed by atoms with Crippen LogP contribution in [0.4, 0.5) is 5.82 Å². The molecule has 84 valence electrons. The molecule has 1 rings (SSSR count). The second-order valence-corrected chi connectivity index (χ2v) is 3.49. The Morgan fingerprint density at radius 1 is 1.47 bits per heavy atom. The highest BCUT2D eigenvalue weighted by molar-refractivity contribution is 6.29. The lowest BCUT2D eigenvalue weighted by Gasteiger charge is -2.06. The third-order valence-corrected chi connectivity index (χ3v) is 1.98. The first-order chi connectivity index (χ1) is 7.22. The molecular formula is C10H16ClN3O. The predicted octanol–water partition coefficient (Wildman–Crippen LogP) is 2.28. The van der Waals surface area contributed by atoms with Crippen LogP contribution in [0, 0.1) is 6.92 Å². The van der Waals surface area contributed by atoms with E-state index in [9.17, 15) is 0 Å². The molecule has 0 saturated heterocycles. The molecular weight excluding hydrogens is 214 g/mol. The molecule has 1 aromatic rings. The first-order valence-electron chi connectivity index (χ1n) is 5.05. The van der Waals surface area contributed by atoms with Gasteiger partial charge in [-0.05, 0) is 20.3 Å². The van der Waals surface area contributed by atoms with Crippen molar-refractivity contribution in [2.75, 3.05) is 25.1 Å². The van der Waals surface area contributed by atoms with Crippen LogP contribution >= 0.6 is 11.6 Å². The van der Waals surface area contributed by atoms with E-state index in [1.165, 1.54) is 0 Å². The molecule has 0 radical (unpaired) electrons. The third-order valence-electron chi connectivity index (χ3n) is 1.78. The van der Waals surface area contributed by atoms with Gasteiger partial charge in [0.15, 0.2) is 0 Å². The van der Waals surface area contributed by atoms with Gasteiger partial charge in [-0.25, -0.2) is 9.97 Å². The van der Waals surface area contributed by atoms with Crippen molar-refractivity contribution < 1.29 is 4.74 Å². The van der Waals surface area contributed by atoms with Crippen LogP contribution in [0.3, 0.4) is 0 Å². The first-order valence-corrected chi connectivity index (χ1v) is 5.43. The smallest absolute Gasteiger partial charge is 0.134 e. The zero-order valence-corrected chi connectivity index (χ0v) is 9.84. The summed E-state index contributed by atoms with van der Waals surface area (Å²) < 4.78 is 5.22. The van der Waals surface area contributed by atoms with Crippen LogP contribution in [0.25, 0.3) is 0 Å². The maximum absolute atomic E-state index is 5.80. The van der Waals surface area contributed by atoms with E-state index >= 15 is 0 Å². The van der Waals surface area contributed by atoms with Crippen LogP contribution < -0.4 is 5.32 Å². The summed E-state index contributed by atoms with van der Waals surface area (Å²) in [5.41, 5.74) is 0. The number of anilines is 1. The maximum Gasteiger partial charge on any atom is 0.134 e. The molecule has 0 saturated carbocycles. The van der Waals surface area contributed by atoms with Crippen molar-refractivity contribution in [2.45, 2.75) is 20.3 Å². The molecule has 0 unspecified atom stereocenters. The van der Waals surface area contributed by atoms with E-state index in [4.69, 9.17) is 16.3 Å². The lowest BCUT2D eigenvalue weighted by Crippen LogP contribution is -2.07. The Kier molecular flexibility index (Phi) is 5.36. The molecule has 1 aromatic heterocycles. The average Bonchev–Trinajstić information content (AvgIpc) is 2.16. The summed E-state index contributed by atoms with van der Waals surface area (Å²) in [6.07, 6.45) is 0.953. The fourth-order valence-electron chi connectivity index (χ4n) is 1.16. The lowest BCUT2D eigenvalue weighted by molar-refractivity contribution is 0.147. The minimum Gasteiger partial charge on any atom is -0.382 e. The van der Waals surface area contributed by atoms with Gasteiger partial charge in [0.2, 0.25) is 0 Å². The van der Waals surface area contributed by atoms with Crippen molar-refractivity contribution in [2.24, 2.45) is 0 Å². The summed E-state index contributed by atoms with van der Waals surface area (Å²) in [5.74, 6) is 1.44.